The van der Waals surface area contributed by atoms with Gasteiger partial charge in [0.05, 0.1) is 23.8 Å². The van der Waals surface area contributed by atoms with Crippen LogP contribution in [0, 0.1) is 0 Å². The average Bonchev–Trinajstić information content (AvgIpc) is 3.02. The molecule has 2 aromatic carbocycles. The molecule has 1 aliphatic rings. The maximum Gasteiger partial charge on any atom is 0.251 e. The van der Waals surface area contributed by atoms with Crippen molar-refractivity contribution in [2.45, 2.75) is 62.0 Å². The van der Waals surface area contributed by atoms with Crippen molar-refractivity contribution in [3.63, 3.8) is 0 Å². The SMILES string of the molecule is O=C(NC1CCCCCC1)c1ccc(Cn2c(SCc3ccccc3)nc3ccncc32)cc1. The summed E-state index contributed by atoms with van der Waals surface area (Å²) in [5.74, 6) is 0.896. The Morgan fingerprint density at radius 1 is 0.941 bits per heavy atom. The molecule has 0 bridgehead atoms. The first kappa shape index (κ1) is 22.7. The Hall–Kier alpha value is -3.12. The summed E-state index contributed by atoms with van der Waals surface area (Å²) in [6.07, 6.45) is 10.8. The van der Waals surface area contributed by atoms with Gasteiger partial charge < -0.3 is 9.88 Å². The predicted octanol–water partition coefficient (Wildman–Crippen LogP) is 6.22. The lowest BCUT2D eigenvalue weighted by Gasteiger charge is -2.16. The Morgan fingerprint density at radius 3 is 2.47 bits per heavy atom. The van der Waals surface area contributed by atoms with E-state index >= 15 is 0 Å². The summed E-state index contributed by atoms with van der Waals surface area (Å²) in [6, 6.07) is 20.7. The number of carbonyl (C=O) groups is 1. The zero-order valence-electron chi connectivity index (χ0n) is 19.3. The molecular formula is C28H30N4OS. The van der Waals surface area contributed by atoms with E-state index in [9.17, 15) is 4.79 Å². The van der Waals surface area contributed by atoms with E-state index in [0.717, 1.165) is 45.9 Å². The van der Waals surface area contributed by atoms with E-state index in [1.165, 1.54) is 31.2 Å². The second kappa shape index (κ2) is 10.9. The monoisotopic (exact) mass is 470 g/mol. The van der Waals surface area contributed by atoms with Crippen LogP contribution in [0.2, 0.25) is 0 Å². The van der Waals surface area contributed by atoms with Gasteiger partial charge in [0, 0.05) is 23.6 Å². The highest BCUT2D eigenvalue weighted by molar-refractivity contribution is 7.98. The number of pyridine rings is 1. The fourth-order valence-corrected chi connectivity index (χ4v) is 5.54. The molecule has 5 rings (SSSR count). The second-order valence-electron chi connectivity index (χ2n) is 8.98. The summed E-state index contributed by atoms with van der Waals surface area (Å²) in [6.45, 7) is 0.684. The molecule has 0 atom stereocenters. The molecule has 0 saturated heterocycles. The van der Waals surface area contributed by atoms with Crippen molar-refractivity contribution in [2.24, 2.45) is 0 Å². The minimum Gasteiger partial charge on any atom is -0.349 e. The molecule has 2 heterocycles. The van der Waals surface area contributed by atoms with Gasteiger partial charge >= 0.3 is 0 Å². The van der Waals surface area contributed by atoms with Crippen LogP contribution in [0.25, 0.3) is 11.0 Å². The predicted molar refractivity (Wildman–Crippen MR) is 138 cm³/mol. The molecule has 5 nitrogen and oxygen atoms in total. The summed E-state index contributed by atoms with van der Waals surface area (Å²) in [5.41, 5.74) is 5.10. The number of benzene rings is 2. The van der Waals surface area contributed by atoms with Gasteiger partial charge in [-0.1, -0.05) is 79.9 Å². The van der Waals surface area contributed by atoms with Crippen molar-refractivity contribution in [1.82, 2.24) is 19.9 Å². The Balaban J connectivity index is 1.31. The molecular weight excluding hydrogens is 440 g/mol. The van der Waals surface area contributed by atoms with Gasteiger partial charge in [-0.3, -0.25) is 9.78 Å². The van der Waals surface area contributed by atoms with Gasteiger partial charge in [-0.05, 0) is 42.2 Å². The maximum atomic E-state index is 12.8. The van der Waals surface area contributed by atoms with Gasteiger partial charge in [-0.25, -0.2) is 4.98 Å². The van der Waals surface area contributed by atoms with Crippen molar-refractivity contribution in [3.8, 4) is 0 Å². The minimum atomic E-state index is 0.0369. The van der Waals surface area contributed by atoms with E-state index in [1.54, 1.807) is 18.0 Å². The van der Waals surface area contributed by atoms with E-state index in [0.29, 0.717) is 12.6 Å². The Labute approximate surface area is 205 Å². The summed E-state index contributed by atoms with van der Waals surface area (Å²) < 4.78 is 2.22. The van der Waals surface area contributed by atoms with Crippen molar-refractivity contribution in [1.29, 1.82) is 0 Å². The van der Waals surface area contributed by atoms with Gasteiger partial charge in [0.2, 0.25) is 0 Å². The molecule has 0 aliphatic heterocycles. The summed E-state index contributed by atoms with van der Waals surface area (Å²) in [7, 11) is 0. The van der Waals surface area contributed by atoms with Crippen LogP contribution in [0.4, 0.5) is 0 Å². The molecule has 1 saturated carbocycles. The third kappa shape index (κ3) is 5.50. The van der Waals surface area contributed by atoms with Crippen LogP contribution in [-0.2, 0) is 12.3 Å². The molecule has 1 fully saturated rings. The van der Waals surface area contributed by atoms with E-state index in [4.69, 9.17) is 4.98 Å². The number of rotatable bonds is 7. The zero-order valence-corrected chi connectivity index (χ0v) is 20.1. The van der Waals surface area contributed by atoms with Gasteiger partial charge in [-0.2, -0.15) is 0 Å². The number of hydrogen-bond donors (Lipinski definition) is 1. The Bertz CT molecular complexity index is 1230. The average molecular weight is 471 g/mol. The molecule has 0 unspecified atom stereocenters. The number of hydrogen-bond acceptors (Lipinski definition) is 4. The van der Waals surface area contributed by atoms with Crippen molar-refractivity contribution in [3.05, 3.63) is 89.7 Å². The number of fused-ring (bicyclic) bond motifs is 1. The smallest absolute Gasteiger partial charge is 0.251 e. The minimum absolute atomic E-state index is 0.0369. The number of aromatic nitrogens is 3. The van der Waals surface area contributed by atoms with Gasteiger partial charge in [-0.15, -0.1) is 0 Å². The van der Waals surface area contributed by atoms with E-state index < -0.39 is 0 Å². The standard InChI is InChI=1S/C28H30N4OS/c33-27(30-24-10-6-1-2-7-11-24)23-14-12-21(13-15-23)19-32-26-18-29-17-16-25(26)31-28(32)34-20-22-8-4-3-5-9-22/h3-5,8-9,12-18,24H,1-2,6-7,10-11,19-20H2,(H,30,33). The molecule has 0 radical (unpaired) electrons. The molecule has 1 N–H and O–H groups in total. The quantitative estimate of drug-likeness (QED) is 0.257. The Kier molecular flexibility index (Phi) is 7.25. The fourth-order valence-electron chi connectivity index (χ4n) is 4.57. The highest BCUT2D eigenvalue weighted by atomic mass is 32.2. The normalized spacial score (nSPS) is 14.7. The van der Waals surface area contributed by atoms with Crippen LogP contribution in [0.15, 0.2) is 78.2 Å². The molecule has 34 heavy (non-hydrogen) atoms. The lowest BCUT2D eigenvalue weighted by Crippen LogP contribution is -2.34. The van der Waals surface area contributed by atoms with Crippen LogP contribution in [0.1, 0.15) is 60.0 Å². The van der Waals surface area contributed by atoms with Crippen LogP contribution >= 0.6 is 11.8 Å². The summed E-state index contributed by atoms with van der Waals surface area (Å²) in [4.78, 5) is 22.0. The Morgan fingerprint density at radius 2 is 1.71 bits per heavy atom. The van der Waals surface area contributed by atoms with Crippen LogP contribution < -0.4 is 5.32 Å². The molecule has 0 spiro atoms. The first-order valence-corrected chi connectivity index (χ1v) is 13.1. The third-order valence-electron chi connectivity index (χ3n) is 6.47. The van der Waals surface area contributed by atoms with Gasteiger partial charge in [0.1, 0.15) is 0 Å². The van der Waals surface area contributed by atoms with Crippen LogP contribution in [0.3, 0.4) is 0 Å². The van der Waals surface area contributed by atoms with Crippen molar-refractivity contribution >= 4 is 28.7 Å². The summed E-state index contributed by atoms with van der Waals surface area (Å²) in [5, 5.41) is 4.21. The van der Waals surface area contributed by atoms with Gasteiger partial charge in [0.15, 0.2) is 5.16 Å². The molecule has 1 aliphatic carbocycles. The van der Waals surface area contributed by atoms with E-state index in [-0.39, 0.29) is 5.91 Å². The largest absolute Gasteiger partial charge is 0.349 e. The van der Waals surface area contributed by atoms with E-state index in [1.807, 2.05) is 30.5 Å². The fraction of sp³-hybridized carbons (Fsp3) is 0.321. The number of amides is 1. The number of carbonyl (C=O) groups excluding carboxylic acids is 1. The molecule has 1 amide bonds. The number of thioether (sulfide) groups is 1. The van der Waals surface area contributed by atoms with Crippen LogP contribution in [-0.4, -0.2) is 26.5 Å². The topological polar surface area (TPSA) is 59.8 Å². The highest BCUT2D eigenvalue weighted by Gasteiger charge is 2.16. The molecule has 174 valence electrons. The molecule has 2 aromatic heterocycles. The first-order valence-electron chi connectivity index (χ1n) is 12.1. The molecule has 4 aromatic rings. The van der Waals surface area contributed by atoms with Crippen LogP contribution in [0.5, 0.6) is 0 Å². The number of nitrogens with zero attached hydrogens (tertiary/aromatic N) is 3. The lowest BCUT2D eigenvalue weighted by molar-refractivity contribution is 0.0933. The number of imidazole rings is 1. The van der Waals surface area contributed by atoms with E-state index in [2.05, 4.69) is 51.3 Å². The third-order valence-corrected chi connectivity index (χ3v) is 7.52. The lowest BCUT2D eigenvalue weighted by atomic mass is 10.1. The van der Waals surface area contributed by atoms with Crippen molar-refractivity contribution in [2.75, 3.05) is 0 Å². The first-order chi connectivity index (χ1) is 16.8. The highest BCUT2D eigenvalue weighted by Crippen LogP contribution is 2.27. The zero-order chi connectivity index (χ0) is 23.2. The summed E-state index contributed by atoms with van der Waals surface area (Å²) >= 11 is 1.73. The maximum absolute atomic E-state index is 12.8. The number of nitrogens with one attached hydrogen (secondary N) is 1. The second-order valence-corrected chi connectivity index (χ2v) is 9.92. The van der Waals surface area contributed by atoms with Crippen molar-refractivity contribution < 1.29 is 4.79 Å². The molecule has 6 heteroatoms. The van der Waals surface area contributed by atoms with Gasteiger partial charge in [0.25, 0.3) is 5.91 Å².